The normalized spacial score (nSPS) is 25.8. The molecule has 0 aliphatic carbocycles. The summed E-state index contributed by atoms with van der Waals surface area (Å²) in [5.74, 6) is 1.09. The van der Waals surface area contributed by atoms with Gasteiger partial charge in [-0.15, -0.1) is 0 Å². The second kappa shape index (κ2) is 5.18. The summed E-state index contributed by atoms with van der Waals surface area (Å²) in [5.41, 5.74) is 5.59. The largest absolute Gasteiger partial charge is 0.368 e. The molecule has 1 aliphatic rings. The van der Waals surface area contributed by atoms with Gasteiger partial charge in [0.15, 0.2) is 0 Å². The fraction of sp³-hybridized carbons (Fsp3) is 0.636. The van der Waals surface area contributed by atoms with Crippen LogP contribution in [0, 0.1) is 0 Å². The van der Waals surface area contributed by atoms with Crippen molar-refractivity contribution < 1.29 is 0 Å². The van der Waals surface area contributed by atoms with Gasteiger partial charge in [0.2, 0.25) is 5.95 Å². The zero-order valence-corrected chi connectivity index (χ0v) is 11.7. The molecule has 1 saturated heterocycles. The van der Waals surface area contributed by atoms with Crippen molar-refractivity contribution in [2.45, 2.75) is 31.8 Å². The second-order valence-electron chi connectivity index (χ2n) is 4.62. The van der Waals surface area contributed by atoms with Crippen LogP contribution in [0.25, 0.3) is 0 Å². The summed E-state index contributed by atoms with van der Waals surface area (Å²) in [6.45, 7) is 3.36. The maximum absolute atomic E-state index is 5.59. The predicted molar refractivity (Wildman–Crippen MR) is 72.9 cm³/mol. The van der Waals surface area contributed by atoms with E-state index in [0.717, 1.165) is 29.7 Å². The van der Waals surface area contributed by atoms with E-state index in [-0.39, 0.29) is 0 Å². The summed E-state index contributed by atoms with van der Waals surface area (Å²) in [6.07, 6.45) is 3.92. The van der Waals surface area contributed by atoms with Gasteiger partial charge in [0.1, 0.15) is 5.82 Å². The first-order valence-electron chi connectivity index (χ1n) is 5.81. The van der Waals surface area contributed by atoms with Gasteiger partial charge < -0.3 is 16.0 Å². The Bertz CT molecular complexity index is 397. The van der Waals surface area contributed by atoms with Crippen LogP contribution in [0.1, 0.15) is 19.8 Å². The number of hydrogen-bond acceptors (Lipinski definition) is 5. The third-order valence-corrected chi connectivity index (χ3v) is 3.89. The van der Waals surface area contributed by atoms with Crippen LogP contribution < -0.4 is 11.1 Å². The Hall–Kier alpha value is -0.880. The molecule has 0 bridgehead atoms. The number of rotatable bonds is 2. The van der Waals surface area contributed by atoms with E-state index in [4.69, 9.17) is 5.73 Å². The van der Waals surface area contributed by atoms with Gasteiger partial charge in [0.05, 0.1) is 4.47 Å². The number of nitrogens with two attached hydrogens (primary N) is 1. The van der Waals surface area contributed by atoms with Gasteiger partial charge >= 0.3 is 0 Å². The first kappa shape index (κ1) is 12.6. The summed E-state index contributed by atoms with van der Waals surface area (Å²) in [7, 11) is 2.17. The molecule has 1 aromatic rings. The molecule has 2 atom stereocenters. The lowest BCUT2D eigenvalue weighted by Gasteiger charge is -2.35. The monoisotopic (exact) mass is 299 g/mol. The van der Waals surface area contributed by atoms with Gasteiger partial charge in [0, 0.05) is 24.8 Å². The lowest BCUT2D eigenvalue weighted by atomic mass is 9.99. The number of piperidine rings is 1. The molecule has 0 aromatic carbocycles. The minimum Gasteiger partial charge on any atom is -0.368 e. The number of nitrogens with one attached hydrogen (secondary N) is 1. The highest BCUT2D eigenvalue weighted by Gasteiger charge is 2.23. The highest BCUT2D eigenvalue weighted by atomic mass is 79.9. The van der Waals surface area contributed by atoms with E-state index in [9.17, 15) is 0 Å². The van der Waals surface area contributed by atoms with Gasteiger partial charge in [-0.05, 0) is 42.7 Å². The zero-order chi connectivity index (χ0) is 12.4. The number of likely N-dealkylation sites (tertiary alicyclic amines) is 1. The molecule has 0 radical (unpaired) electrons. The topological polar surface area (TPSA) is 67.1 Å². The summed E-state index contributed by atoms with van der Waals surface area (Å²) in [6, 6.07) is 1.05. The van der Waals surface area contributed by atoms with Crippen molar-refractivity contribution in [1.82, 2.24) is 14.9 Å². The second-order valence-corrected chi connectivity index (χ2v) is 5.47. The molecule has 2 heterocycles. The van der Waals surface area contributed by atoms with Crippen molar-refractivity contribution in [2.24, 2.45) is 0 Å². The van der Waals surface area contributed by atoms with E-state index in [1.54, 1.807) is 6.20 Å². The van der Waals surface area contributed by atoms with Crippen molar-refractivity contribution in [2.75, 3.05) is 24.6 Å². The maximum atomic E-state index is 5.59. The quantitative estimate of drug-likeness (QED) is 0.870. The lowest BCUT2D eigenvalue weighted by Crippen LogP contribution is -2.42. The molecule has 17 heavy (non-hydrogen) atoms. The Kier molecular flexibility index (Phi) is 3.83. The van der Waals surface area contributed by atoms with Gasteiger partial charge in [-0.25, -0.2) is 4.98 Å². The lowest BCUT2D eigenvalue weighted by molar-refractivity contribution is 0.190. The number of aromatic nitrogens is 2. The maximum Gasteiger partial charge on any atom is 0.221 e. The van der Waals surface area contributed by atoms with Crippen LogP contribution in [-0.2, 0) is 0 Å². The molecule has 94 valence electrons. The van der Waals surface area contributed by atoms with Gasteiger partial charge in [0.25, 0.3) is 0 Å². The van der Waals surface area contributed by atoms with E-state index < -0.39 is 0 Å². The highest BCUT2D eigenvalue weighted by molar-refractivity contribution is 9.10. The van der Waals surface area contributed by atoms with Crippen LogP contribution in [0.3, 0.4) is 0 Å². The van der Waals surface area contributed by atoms with E-state index in [2.05, 4.69) is 50.1 Å². The van der Waals surface area contributed by atoms with Crippen LogP contribution in [0.15, 0.2) is 10.7 Å². The molecule has 3 N–H and O–H groups in total. The molecule has 1 aromatic heterocycles. The third-order valence-electron chi connectivity index (χ3n) is 3.31. The highest BCUT2D eigenvalue weighted by Crippen LogP contribution is 2.24. The van der Waals surface area contributed by atoms with Crippen LogP contribution in [-0.4, -0.2) is 40.5 Å². The number of anilines is 2. The molecule has 0 amide bonds. The minimum atomic E-state index is 0.302. The fourth-order valence-corrected chi connectivity index (χ4v) is 2.40. The van der Waals surface area contributed by atoms with Crippen molar-refractivity contribution in [3.8, 4) is 0 Å². The average Bonchev–Trinajstić information content (AvgIpc) is 2.29. The summed E-state index contributed by atoms with van der Waals surface area (Å²) in [5, 5.41) is 3.44. The first-order chi connectivity index (χ1) is 8.06. The summed E-state index contributed by atoms with van der Waals surface area (Å²) >= 11 is 3.43. The SMILES string of the molecule is CC1CC(Nc2nc(N)ncc2Br)CCN1C. The number of halogens is 1. The van der Waals surface area contributed by atoms with Crippen LogP contribution in [0.4, 0.5) is 11.8 Å². The Morgan fingerprint density at radius 2 is 2.35 bits per heavy atom. The molecule has 0 spiro atoms. The standard InChI is InChI=1S/C11H18BrN5/c1-7-5-8(3-4-17(7)2)15-10-9(12)6-14-11(13)16-10/h6-8H,3-5H2,1-2H3,(H3,13,14,15,16). The number of hydrogen-bond donors (Lipinski definition) is 2. The Labute approximate surface area is 110 Å². The molecular formula is C11H18BrN5. The van der Waals surface area contributed by atoms with E-state index in [1.165, 1.54) is 0 Å². The summed E-state index contributed by atoms with van der Waals surface area (Å²) < 4.78 is 0.860. The van der Waals surface area contributed by atoms with Gasteiger partial charge in [-0.2, -0.15) is 4.98 Å². The van der Waals surface area contributed by atoms with Crippen molar-refractivity contribution in [3.05, 3.63) is 10.7 Å². The van der Waals surface area contributed by atoms with E-state index in [1.807, 2.05) is 0 Å². The van der Waals surface area contributed by atoms with Crippen LogP contribution >= 0.6 is 15.9 Å². The van der Waals surface area contributed by atoms with Crippen LogP contribution in [0.5, 0.6) is 0 Å². The van der Waals surface area contributed by atoms with Crippen molar-refractivity contribution >= 4 is 27.7 Å². The molecule has 2 unspecified atom stereocenters. The third kappa shape index (κ3) is 3.07. The van der Waals surface area contributed by atoms with Crippen molar-refractivity contribution in [3.63, 3.8) is 0 Å². The fourth-order valence-electron chi connectivity index (χ4n) is 2.10. The average molecular weight is 300 g/mol. The Balaban J connectivity index is 2.03. The smallest absolute Gasteiger partial charge is 0.221 e. The Morgan fingerprint density at radius 3 is 3.06 bits per heavy atom. The van der Waals surface area contributed by atoms with E-state index in [0.29, 0.717) is 18.0 Å². The predicted octanol–water partition coefficient (Wildman–Crippen LogP) is 1.72. The van der Waals surface area contributed by atoms with Gasteiger partial charge in [-0.1, -0.05) is 0 Å². The zero-order valence-electron chi connectivity index (χ0n) is 10.2. The molecule has 0 saturated carbocycles. The Morgan fingerprint density at radius 1 is 1.59 bits per heavy atom. The van der Waals surface area contributed by atoms with Gasteiger partial charge in [-0.3, -0.25) is 0 Å². The molecular weight excluding hydrogens is 282 g/mol. The molecule has 1 fully saturated rings. The molecule has 1 aliphatic heterocycles. The molecule has 5 nitrogen and oxygen atoms in total. The first-order valence-corrected chi connectivity index (χ1v) is 6.60. The number of nitrogens with zero attached hydrogens (tertiary/aromatic N) is 3. The van der Waals surface area contributed by atoms with E-state index >= 15 is 0 Å². The van der Waals surface area contributed by atoms with Crippen LogP contribution in [0.2, 0.25) is 0 Å². The van der Waals surface area contributed by atoms with Crippen molar-refractivity contribution in [1.29, 1.82) is 0 Å². The minimum absolute atomic E-state index is 0.302. The molecule has 2 rings (SSSR count). The number of nitrogen functional groups attached to an aromatic ring is 1. The summed E-state index contributed by atoms with van der Waals surface area (Å²) in [4.78, 5) is 10.5. The molecule has 6 heteroatoms.